The van der Waals surface area contributed by atoms with E-state index in [9.17, 15) is 0 Å². The van der Waals surface area contributed by atoms with Crippen LogP contribution in [0.3, 0.4) is 0 Å². The first kappa shape index (κ1) is 17.2. The Kier molecular flexibility index (Phi) is 5.77. The molecule has 22 heavy (non-hydrogen) atoms. The Morgan fingerprint density at radius 1 is 0.773 bits per heavy atom. The molecule has 2 rings (SSSR count). The number of nitrogens with zero attached hydrogens (tertiary/aromatic N) is 2. The Hall–Kier alpha value is -1.18. The lowest BCUT2D eigenvalue weighted by atomic mass is 9.89. The standard InChI is InChI=1S/C20H34N2/c1-7-15-13-14-19-20(16(15)8-2)22(12-6)18(10-4)17(9-3)21(19)11-5/h13-14,17-18H,7-12H2,1-6H3. The van der Waals surface area contributed by atoms with Crippen LogP contribution in [0.25, 0.3) is 0 Å². The molecule has 0 amide bonds. The largest absolute Gasteiger partial charge is 0.365 e. The minimum atomic E-state index is 0.639. The monoisotopic (exact) mass is 302 g/mol. The lowest BCUT2D eigenvalue weighted by molar-refractivity contribution is 0.424. The Bertz CT molecular complexity index is 495. The van der Waals surface area contributed by atoms with E-state index in [0.29, 0.717) is 12.1 Å². The number of hydrogen-bond donors (Lipinski definition) is 0. The Morgan fingerprint density at radius 2 is 1.36 bits per heavy atom. The molecule has 1 aromatic rings. The third-order valence-electron chi connectivity index (χ3n) is 5.45. The molecule has 0 N–H and O–H groups in total. The van der Waals surface area contributed by atoms with Crippen LogP contribution in [0.1, 0.15) is 65.5 Å². The van der Waals surface area contributed by atoms with Gasteiger partial charge in [0.25, 0.3) is 0 Å². The van der Waals surface area contributed by atoms with Gasteiger partial charge in [-0.3, -0.25) is 0 Å². The molecule has 0 aromatic heterocycles. The van der Waals surface area contributed by atoms with Crippen molar-refractivity contribution in [3.63, 3.8) is 0 Å². The summed E-state index contributed by atoms with van der Waals surface area (Å²) >= 11 is 0. The zero-order chi connectivity index (χ0) is 16.3. The third-order valence-corrected chi connectivity index (χ3v) is 5.45. The molecular weight excluding hydrogens is 268 g/mol. The van der Waals surface area contributed by atoms with Gasteiger partial charge in [0.15, 0.2) is 0 Å². The highest BCUT2D eigenvalue weighted by molar-refractivity contribution is 5.79. The van der Waals surface area contributed by atoms with E-state index >= 15 is 0 Å². The van der Waals surface area contributed by atoms with Crippen LogP contribution >= 0.6 is 0 Å². The number of anilines is 2. The molecule has 0 saturated heterocycles. The molecule has 1 aromatic carbocycles. The Balaban J connectivity index is 2.69. The number of benzene rings is 1. The first-order valence-electron chi connectivity index (χ1n) is 9.36. The van der Waals surface area contributed by atoms with Crippen LogP contribution < -0.4 is 9.80 Å². The van der Waals surface area contributed by atoms with E-state index in [2.05, 4.69) is 63.5 Å². The zero-order valence-corrected chi connectivity index (χ0v) is 15.4. The van der Waals surface area contributed by atoms with E-state index < -0.39 is 0 Å². The van der Waals surface area contributed by atoms with Crippen molar-refractivity contribution in [2.45, 2.75) is 79.3 Å². The van der Waals surface area contributed by atoms with Crippen LogP contribution in [0.15, 0.2) is 12.1 Å². The van der Waals surface area contributed by atoms with Gasteiger partial charge >= 0.3 is 0 Å². The molecular formula is C20H34N2. The molecule has 0 bridgehead atoms. The summed E-state index contributed by atoms with van der Waals surface area (Å²) in [7, 11) is 0. The van der Waals surface area contributed by atoms with Gasteiger partial charge in [-0.1, -0.05) is 33.8 Å². The van der Waals surface area contributed by atoms with Gasteiger partial charge in [0.05, 0.1) is 11.4 Å². The van der Waals surface area contributed by atoms with Crippen LogP contribution in [0.5, 0.6) is 0 Å². The molecule has 2 heteroatoms. The summed E-state index contributed by atoms with van der Waals surface area (Å²) in [6.07, 6.45) is 4.71. The molecule has 1 heterocycles. The second-order valence-corrected chi connectivity index (χ2v) is 6.30. The van der Waals surface area contributed by atoms with Crippen molar-refractivity contribution in [2.24, 2.45) is 0 Å². The SMILES string of the molecule is CCc1ccc2c(c1CC)N(CC)C(CC)C(CC)N2CC. The van der Waals surface area contributed by atoms with Crippen molar-refractivity contribution in [1.82, 2.24) is 0 Å². The van der Waals surface area contributed by atoms with Crippen LogP contribution in [-0.4, -0.2) is 25.2 Å². The van der Waals surface area contributed by atoms with Crippen LogP contribution in [0, 0.1) is 0 Å². The third kappa shape index (κ3) is 2.61. The minimum absolute atomic E-state index is 0.639. The highest BCUT2D eigenvalue weighted by Crippen LogP contribution is 2.43. The quantitative estimate of drug-likeness (QED) is 0.727. The molecule has 2 nitrogen and oxygen atoms in total. The highest BCUT2D eigenvalue weighted by atomic mass is 15.3. The Morgan fingerprint density at radius 3 is 1.82 bits per heavy atom. The fraction of sp³-hybridized carbons (Fsp3) is 0.700. The van der Waals surface area contributed by atoms with Crippen LogP contribution in [-0.2, 0) is 12.8 Å². The summed E-state index contributed by atoms with van der Waals surface area (Å²) in [5.74, 6) is 0. The van der Waals surface area contributed by atoms with E-state index in [1.165, 1.54) is 29.8 Å². The average Bonchev–Trinajstić information content (AvgIpc) is 2.57. The predicted molar refractivity (Wildman–Crippen MR) is 99.4 cm³/mol. The summed E-state index contributed by atoms with van der Waals surface area (Å²) in [6.45, 7) is 16.1. The number of fused-ring (bicyclic) bond motifs is 1. The lowest BCUT2D eigenvalue weighted by Gasteiger charge is -2.50. The molecule has 1 aliphatic rings. The van der Waals surface area contributed by atoms with Gasteiger partial charge in [-0.05, 0) is 56.7 Å². The molecule has 0 spiro atoms. The van der Waals surface area contributed by atoms with E-state index in [-0.39, 0.29) is 0 Å². The van der Waals surface area contributed by atoms with Gasteiger partial charge in [-0.2, -0.15) is 0 Å². The van der Waals surface area contributed by atoms with Crippen molar-refractivity contribution in [1.29, 1.82) is 0 Å². The maximum atomic E-state index is 2.70. The second kappa shape index (κ2) is 7.39. The van der Waals surface area contributed by atoms with Gasteiger partial charge < -0.3 is 9.80 Å². The van der Waals surface area contributed by atoms with Crippen molar-refractivity contribution < 1.29 is 0 Å². The maximum Gasteiger partial charge on any atom is 0.0642 e. The smallest absolute Gasteiger partial charge is 0.0642 e. The van der Waals surface area contributed by atoms with E-state index in [1.54, 1.807) is 5.56 Å². The summed E-state index contributed by atoms with van der Waals surface area (Å²) in [6, 6.07) is 6.03. The van der Waals surface area contributed by atoms with Gasteiger partial charge in [0.2, 0.25) is 0 Å². The van der Waals surface area contributed by atoms with Crippen LogP contribution in [0.4, 0.5) is 11.4 Å². The molecule has 1 aliphatic heterocycles. The summed E-state index contributed by atoms with van der Waals surface area (Å²) in [5, 5.41) is 0. The maximum absolute atomic E-state index is 2.70. The van der Waals surface area contributed by atoms with Gasteiger partial charge in [0, 0.05) is 25.2 Å². The number of hydrogen-bond acceptors (Lipinski definition) is 2. The lowest BCUT2D eigenvalue weighted by Crippen LogP contribution is -2.56. The Labute approximate surface area is 137 Å². The molecule has 0 aliphatic carbocycles. The van der Waals surface area contributed by atoms with E-state index in [1.807, 2.05) is 0 Å². The molecule has 2 atom stereocenters. The van der Waals surface area contributed by atoms with Crippen LogP contribution in [0.2, 0.25) is 0 Å². The second-order valence-electron chi connectivity index (χ2n) is 6.30. The molecule has 0 fully saturated rings. The minimum Gasteiger partial charge on any atom is -0.365 e. The van der Waals surface area contributed by atoms with Gasteiger partial charge in [0.1, 0.15) is 0 Å². The molecule has 2 unspecified atom stereocenters. The molecule has 124 valence electrons. The van der Waals surface area contributed by atoms with Crippen molar-refractivity contribution >= 4 is 11.4 Å². The first-order valence-corrected chi connectivity index (χ1v) is 9.36. The zero-order valence-electron chi connectivity index (χ0n) is 15.4. The average molecular weight is 303 g/mol. The topological polar surface area (TPSA) is 6.48 Å². The number of likely N-dealkylation sites (N-methyl/N-ethyl adjacent to an activating group) is 2. The van der Waals surface area contributed by atoms with Crippen molar-refractivity contribution in [2.75, 3.05) is 22.9 Å². The normalized spacial score (nSPS) is 21.2. The van der Waals surface area contributed by atoms with Crippen molar-refractivity contribution in [3.8, 4) is 0 Å². The summed E-state index contributed by atoms with van der Waals surface area (Å²) < 4.78 is 0. The molecule has 0 radical (unpaired) electrons. The fourth-order valence-electron chi connectivity index (χ4n) is 4.49. The fourth-order valence-corrected chi connectivity index (χ4v) is 4.49. The number of rotatable bonds is 6. The van der Waals surface area contributed by atoms with Gasteiger partial charge in [-0.25, -0.2) is 0 Å². The summed E-state index contributed by atoms with van der Waals surface area (Å²) in [5.41, 5.74) is 6.10. The highest BCUT2D eigenvalue weighted by Gasteiger charge is 2.37. The molecule has 0 saturated carbocycles. The van der Waals surface area contributed by atoms with E-state index in [0.717, 1.165) is 25.9 Å². The first-order chi connectivity index (χ1) is 10.7. The van der Waals surface area contributed by atoms with Gasteiger partial charge in [-0.15, -0.1) is 0 Å². The number of aryl methyl sites for hydroxylation is 1. The van der Waals surface area contributed by atoms with Crippen molar-refractivity contribution in [3.05, 3.63) is 23.3 Å². The predicted octanol–water partition coefficient (Wildman–Crippen LogP) is 5.03. The van der Waals surface area contributed by atoms with E-state index in [4.69, 9.17) is 0 Å². The summed E-state index contributed by atoms with van der Waals surface area (Å²) in [4.78, 5) is 5.36.